The van der Waals surface area contributed by atoms with Gasteiger partial charge in [-0.2, -0.15) is 0 Å². The Kier molecular flexibility index (Phi) is 7.25. The second-order valence-electron chi connectivity index (χ2n) is 9.85. The smallest absolute Gasteiger partial charge is 0.314 e. The van der Waals surface area contributed by atoms with Gasteiger partial charge in [0.2, 0.25) is 0 Å². The minimum Gasteiger partial charge on any atom is -0.431 e. The molecule has 4 heteroatoms. The molecule has 0 aromatic heterocycles. The van der Waals surface area contributed by atoms with Crippen LogP contribution < -0.4 is 0 Å². The maximum atomic E-state index is 12.7. The van der Waals surface area contributed by atoms with Crippen LogP contribution in [-0.4, -0.2) is 30.4 Å². The van der Waals surface area contributed by atoms with Crippen molar-refractivity contribution in [1.29, 1.82) is 0 Å². The Morgan fingerprint density at radius 2 is 2.07 bits per heavy atom. The number of ether oxygens (including phenoxy) is 2. The zero-order valence-corrected chi connectivity index (χ0v) is 18.3. The molecule has 0 aromatic carbocycles. The lowest BCUT2D eigenvalue weighted by Gasteiger charge is -2.47. The van der Waals surface area contributed by atoms with Crippen molar-refractivity contribution in [3.8, 4) is 0 Å². The van der Waals surface area contributed by atoms with Crippen molar-refractivity contribution in [2.75, 3.05) is 13.2 Å². The van der Waals surface area contributed by atoms with Gasteiger partial charge >= 0.3 is 5.97 Å². The van der Waals surface area contributed by atoms with E-state index < -0.39 is 0 Å². The third kappa shape index (κ3) is 4.48. The molecule has 0 radical (unpaired) electrons. The molecule has 160 valence electrons. The highest BCUT2D eigenvalue weighted by Crippen LogP contribution is 2.53. The summed E-state index contributed by atoms with van der Waals surface area (Å²) in [5.74, 6) is 2.54. The lowest BCUT2D eigenvalue weighted by molar-refractivity contribution is -0.156. The first-order chi connectivity index (χ1) is 13.4. The van der Waals surface area contributed by atoms with Gasteiger partial charge < -0.3 is 14.6 Å². The molecule has 2 aliphatic carbocycles. The van der Waals surface area contributed by atoms with Gasteiger partial charge in [0, 0.05) is 25.0 Å². The molecular weight excluding hydrogens is 352 g/mol. The van der Waals surface area contributed by atoms with Crippen molar-refractivity contribution in [1.82, 2.24) is 0 Å². The second-order valence-corrected chi connectivity index (χ2v) is 9.85. The molecule has 4 nitrogen and oxygen atoms in total. The molecule has 4 unspecified atom stereocenters. The van der Waals surface area contributed by atoms with Crippen LogP contribution in [0.1, 0.15) is 85.5 Å². The number of aliphatic hydroxyl groups is 1. The molecule has 3 aliphatic rings. The highest BCUT2D eigenvalue weighted by atomic mass is 16.5. The van der Waals surface area contributed by atoms with Crippen LogP contribution >= 0.6 is 0 Å². The number of allylic oxidation sites excluding steroid dienone is 2. The summed E-state index contributed by atoms with van der Waals surface area (Å²) < 4.78 is 11.7. The van der Waals surface area contributed by atoms with Crippen LogP contribution in [0.3, 0.4) is 0 Å². The molecule has 0 saturated heterocycles. The SMILES string of the molecule is CCCOC[C@@H](C)[C@H]1CCCC2=C(CCC1C)C1(C)CCC(O)CC1C(=O)O2. The Morgan fingerprint density at radius 3 is 2.82 bits per heavy atom. The molecule has 0 aromatic rings. The molecule has 0 spiro atoms. The average Bonchev–Trinajstić information content (AvgIpc) is 2.73. The van der Waals surface area contributed by atoms with Crippen molar-refractivity contribution in [2.24, 2.45) is 29.1 Å². The summed E-state index contributed by atoms with van der Waals surface area (Å²) in [5.41, 5.74) is 1.26. The molecule has 3 rings (SSSR count). The van der Waals surface area contributed by atoms with Crippen LogP contribution in [0.25, 0.3) is 0 Å². The number of carbonyl (C=O) groups is 1. The van der Waals surface area contributed by atoms with Gasteiger partial charge in [-0.3, -0.25) is 4.79 Å². The normalized spacial score (nSPS) is 37.8. The maximum absolute atomic E-state index is 12.7. The van der Waals surface area contributed by atoms with Gasteiger partial charge in [-0.05, 0) is 74.7 Å². The van der Waals surface area contributed by atoms with E-state index in [2.05, 4.69) is 27.7 Å². The minimum atomic E-state index is -0.364. The summed E-state index contributed by atoms with van der Waals surface area (Å²) >= 11 is 0. The monoisotopic (exact) mass is 392 g/mol. The Bertz CT molecular complexity index is 583. The third-order valence-electron chi connectivity index (χ3n) is 7.79. The number of fused-ring (bicyclic) bond motifs is 2. The van der Waals surface area contributed by atoms with Crippen molar-refractivity contribution in [3.63, 3.8) is 0 Å². The van der Waals surface area contributed by atoms with Crippen LogP contribution in [0.5, 0.6) is 0 Å². The van der Waals surface area contributed by atoms with E-state index in [0.29, 0.717) is 24.2 Å². The van der Waals surface area contributed by atoms with E-state index in [1.54, 1.807) is 0 Å². The molecule has 1 heterocycles. The molecule has 1 saturated carbocycles. The summed E-state index contributed by atoms with van der Waals surface area (Å²) in [4.78, 5) is 12.7. The summed E-state index contributed by atoms with van der Waals surface area (Å²) in [7, 11) is 0. The first-order valence-electron chi connectivity index (χ1n) is 11.6. The Balaban J connectivity index is 1.74. The minimum absolute atomic E-state index is 0.106. The maximum Gasteiger partial charge on any atom is 0.314 e. The van der Waals surface area contributed by atoms with Crippen LogP contribution in [0, 0.1) is 29.1 Å². The third-order valence-corrected chi connectivity index (χ3v) is 7.79. The largest absolute Gasteiger partial charge is 0.431 e. The number of rotatable bonds is 5. The summed E-state index contributed by atoms with van der Waals surface area (Å²) in [5, 5.41) is 10.1. The first kappa shape index (κ1) is 21.8. The first-order valence-corrected chi connectivity index (χ1v) is 11.6. The summed E-state index contributed by atoms with van der Waals surface area (Å²) in [6.07, 6.45) is 8.23. The lowest BCUT2D eigenvalue weighted by Crippen LogP contribution is -2.46. The number of esters is 1. The number of hydrogen-bond acceptors (Lipinski definition) is 4. The molecule has 0 bridgehead atoms. The molecule has 28 heavy (non-hydrogen) atoms. The van der Waals surface area contributed by atoms with E-state index >= 15 is 0 Å². The molecule has 0 amide bonds. The fourth-order valence-corrected chi connectivity index (χ4v) is 5.96. The fourth-order valence-electron chi connectivity index (χ4n) is 5.96. The highest BCUT2D eigenvalue weighted by molar-refractivity contribution is 5.77. The standard InChI is InChI=1S/C24H40O4/c1-5-13-27-15-17(3)19-7-6-8-22-20(10-9-16(19)2)24(4)12-11-18(25)14-21(24)23(26)28-22/h16-19,21,25H,5-15H2,1-4H3/t16?,17-,18?,19+,21?,24?/m1/s1. The molecular formula is C24H40O4. The second kappa shape index (κ2) is 9.30. The van der Waals surface area contributed by atoms with E-state index in [9.17, 15) is 9.90 Å². The van der Waals surface area contributed by atoms with Gasteiger partial charge in [0.05, 0.1) is 12.0 Å². The fraction of sp³-hybridized carbons (Fsp3) is 0.875. The summed E-state index contributed by atoms with van der Waals surface area (Å²) in [6, 6.07) is 0. The van der Waals surface area contributed by atoms with Gasteiger partial charge in [0.15, 0.2) is 0 Å². The average molecular weight is 393 g/mol. The van der Waals surface area contributed by atoms with Gasteiger partial charge in [0.25, 0.3) is 0 Å². The number of carbonyl (C=O) groups excluding carboxylic acids is 1. The van der Waals surface area contributed by atoms with Crippen LogP contribution in [0.15, 0.2) is 11.3 Å². The predicted molar refractivity (Wildman–Crippen MR) is 111 cm³/mol. The van der Waals surface area contributed by atoms with Gasteiger partial charge in [-0.15, -0.1) is 0 Å². The zero-order chi connectivity index (χ0) is 20.3. The topological polar surface area (TPSA) is 55.8 Å². The lowest BCUT2D eigenvalue weighted by atomic mass is 9.60. The van der Waals surface area contributed by atoms with Gasteiger partial charge in [-0.1, -0.05) is 27.7 Å². The van der Waals surface area contributed by atoms with Crippen molar-refractivity contribution < 1.29 is 19.4 Å². The van der Waals surface area contributed by atoms with Crippen LogP contribution in [0.2, 0.25) is 0 Å². The Labute approximate surface area is 171 Å². The van der Waals surface area contributed by atoms with Crippen molar-refractivity contribution >= 4 is 5.97 Å². The van der Waals surface area contributed by atoms with Crippen LogP contribution in [-0.2, 0) is 14.3 Å². The molecule has 1 fully saturated rings. The summed E-state index contributed by atoms with van der Waals surface area (Å²) in [6.45, 7) is 10.8. The van der Waals surface area contributed by atoms with E-state index in [-0.39, 0.29) is 23.4 Å². The quantitative estimate of drug-likeness (QED) is 0.513. The Hall–Kier alpha value is -0.870. The van der Waals surface area contributed by atoms with Crippen molar-refractivity contribution in [2.45, 2.75) is 91.6 Å². The highest BCUT2D eigenvalue weighted by Gasteiger charge is 2.51. The number of aliphatic hydroxyl groups excluding tert-OH is 1. The van der Waals surface area contributed by atoms with Gasteiger partial charge in [-0.25, -0.2) is 0 Å². The molecule has 6 atom stereocenters. The predicted octanol–water partition coefficient (Wildman–Crippen LogP) is 5.24. The van der Waals surface area contributed by atoms with E-state index in [1.165, 1.54) is 12.0 Å². The van der Waals surface area contributed by atoms with E-state index in [1.807, 2.05) is 0 Å². The Morgan fingerprint density at radius 1 is 1.29 bits per heavy atom. The zero-order valence-electron chi connectivity index (χ0n) is 18.3. The number of hydrogen-bond donors (Lipinski definition) is 1. The molecule has 1 N–H and O–H groups in total. The molecule has 1 aliphatic heterocycles. The van der Waals surface area contributed by atoms with Gasteiger partial charge in [0.1, 0.15) is 5.76 Å². The van der Waals surface area contributed by atoms with E-state index in [4.69, 9.17) is 9.47 Å². The van der Waals surface area contributed by atoms with Crippen LogP contribution in [0.4, 0.5) is 0 Å². The van der Waals surface area contributed by atoms with Crippen molar-refractivity contribution in [3.05, 3.63) is 11.3 Å². The van der Waals surface area contributed by atoms with E-state index in [0.717, 1.165) is 63.9 Å².